The van der Waals surface area contributed by atoms with E-state index in [1.807, 2.05) is 6.07 Å². The first-order valence-corrected chi connectivity index (χ1v) is 7.93. The second-order valence-corrected chi connectivity index (χ2v) is 5.26. The van der Waals surface area contributed by atoms with Gasteiger partial charge in [-0.3, -0.25) is 4.79 Å². The molecule has 0 saturated heterocycles. The molecule has 0 aliphatic rings. The normalized spacial score (nSPS) is 10.1. The van der Waals surface area contributed by atoms with E-state index >= 15 is 0 Å². The molecule has 0 atom stereocenters. The van der Waals surface area contributed by atoms with E-state index in [4.69, 9.17) is 19.5 Å². The summed E-state index contributed by atoms with van der Waals surface area (Å²) in [6.07, 6.45) is 2.74. The van der Waals surface area contributed by atoms with Crippen LogP contribution >= 0.6 is 0 Å². The summed E-state index contributed by atoms with van der Waals surface area (Å²) in [5.74, 6) is -0.103. The van der Waals surface area contributed by atoms with Gasteiger partial charge in [-0.2, -0.15) is 5.26 Å². The van der Waals surface area contributed by atoms with Gasteiger partial charge < -0.3 is 19.5 Å². The molecule has 0 bridgehead atoms. The van der Waals surface area contributed by atoms with E-state index in [2.05, 4.69) is 5.32 Å². The summed E-state index contributed by atoms with van der Waals surface area (Å²) in [6.45, 7) is -0.463. The first-order chi connectivity index (χ1) is 13.1. The average Bonchev–Trinajstić information content (AvgIpc) is 2.70. The van der Waals surface area contributed by atoms with Crippen molar-refractivity contribution < 1.29 is 23.8 Å². The number of nitriles is 1. The highest BCUT2D eigenvalue weighted by Crippen LogP contribution is 2.27. The lowest BCUT2D eigenvalue weighted by Crippen LogP contribution is -2.20. The van der Waals surface area contributed by atoms with Crippen molar-refractivity contribution in [2.45, 2.75) is 0 Å². The standard InChI is InChI=1S/C20H18N2O5/c1-25-17-9-7-14(11-18(17)26-2)8-10-20(24)27-13-19(23)22-16-6-4-3-5-15(16)12-21/h3-11H,13H2,1-2H3,(H,22,23)/b10-8+. The van der Waals surface area contributed by atoms with E-state index < -0.39 is 18.5 Å². The van der Waals surface area contributed by atoms with Gasteiger partial charge in [0.2, 0.25) is 0 Å². The Morgan fingerprint density at radius 2 is 1.85 bits per heavy atom. The van der Waals surface area contributed by atoms with Crippen molar-refractivity contribution in [3.63, 3.8) is 0 Å². The van der Waals surface area contributed by atoms with Gasteiger partial charge in [-0.1, -0.05) is 18.2 Å². The third-order valence-electron chi connectivity index (χ3n) is 3.49. The Bertz CT molecular complexity index is 899. The van der Waals surface area contributed by atoms with Crippen LogP contribution in [0.2, 0.25) is 0 Å². The van der Waals surface area contributed by atoms with Crippen LogP contribution in [0.5, 0.6) is 11.5 Å². The monoisotopic (exact) mass is 366 g/mol. The quantitative estimate of drug-likeness (QED) is 0.598. The molecule has 0 saturated carbocycles. The van der Waals surface area contributed by atoms with Gasteiger partial charge in [0.25, 0.3) is 5.91 Å². The molecule has 0 unspecified atom stereocenters. The molecule has 0 heterocycles. The molecule has 138 valence electrons. The smallest absolute Gasteiger partial charge is 0.331 e. The van der Waals surface area contributed by atoms with Crippen LogP contribution in [0.15, 0.2) is 48.5 Å². The Hall–Kier alpha value is -3.79. The molecule has 2 aromatic carbocycles. The average molecular weight is 366 g/mol. The van der Waals surface area contributed by atoms with E-state index in [-0.39, 0.29) is 0 Å². The number of esters is 1. The summed E-state index contributed by atoms with van der Waals surface area (Å²) in [6, 6.07) is 13.7. The molecular weight excluding hydrogens is 348 g/mol. The van der Waals surface area contributed by atoms with E-state index in [1.54, 1.807) is 42.5 Å². The van der Waals surface area contributed by atoms with Gasteiger partial charge in [0, 0.05) is 6.08 Å². The second-order valence-electron chi connectivity index (χ2n) is 5.26. The SMILES string of the molecule is COc1ccc(/C=C/C(=O)OCC(=O)Nc2ccccc2C#N)cc1OC. The third-order valence-corrected chi connectivity index (χ3v) is 3.49. The molecule has 1 amide bonds. The van der Waals surface area contributed by atoms with Crippen LogP contribution in [0, 0.1) is 11.3 Å². The molecule has 7 heteroatoms. The second kappa shape index (κ2) is 9.63. The maximum atomic E-state index is 11.9. The van der Waals surface area contributed by atoms with Crippen LogP contribution in [-0.2, 0) is 14.3 Å². The van der Waals surface area contributed by atoms with Crippen LogP contribution in [0.3, 0.4) is 0 Å². The van der Waals surface area contributed by atoms with Crippen LogP contribution in [0.25, 0.3) is 6.08 Å². The van der Waals surface area contributed by atoms with Crippen LogP contribution < -0.4 is 14.8 Å². The number of carbonyl (C=O) groups excluding carboxylic acids is 2. The summed E-state index contributed by atoms with van der Waals surface area (Å²) in [4.78, 5) is 23.6. The zero-order chi connectivity index (χ0) is 19.6. The van der Waals surface area contributed by atoms with Crippen molar-refractivity contribution in [2.75, 3.05) is 26.1 Å². The van der Waals surface area contributed by atoms with Crippen molar-refractivity contribution in [3.8, 4) is 17.6 Å². The van der Waals surface area contributed by atoms with Crippen LogP contribution in [0.1, 0.15) is 11.1 Å². The summed E-state index contributed by atoms with van der Waals surface area (Å²) in [7, 11) is 3.05. The fourth-order valence-electron chi connectivity index (χ4n) is 2.18. The highest BCUT2D eigenvalue weighted by molar-refractivity contribution is 5.95. The fraction of sp³-hybridized carbons (Fsp3) is 0.150. The molecule has 27 heavy (non-hydrogen) atoms. The number of nitrogens with one attached hydrogen (secondary N) is 1. The molecule has 0 radical (unpaired) electrons. The number of rotatable bonds is 7. The molecule has 0 aliphatic heterocycles. The number of anilines is 1. The maximum Gasteiger partial charge on any atom is 0.331 e. The van der Waals surface area contributed by atoms with Crippen molar-refractivity contribution in [1.29, 1.82) is 5.26 Å². The van der Waals surface area contributed by atoms with Gasteiger partial charge in [-0.15, -0.1) is 0 Å². The molecule has 2 aromatic rings. The Balaban J connectivity index is 1.89. The topological polar surface area (TPSA) is 97.6 Å². The zero-order valence-corrected chi connectivity index (χ0v) is 14.9. The molecule has 0 aromatic heterocycles. The van der Waals surface area contributed by atoms with Gasteiger partial charge in [0.15, 0.2) is 18.1 Å². The fourth-order valence-corrected chi connectivity index (χ4v) is 2.18. The number of carbonyl (C=O) groups is 2. The number of ether oxygens (including phenoxy) is 3. The number of hydrogen-bond donors (Lipinski definition) is 1. The first kappa shape index (κ1) is 19.5. The van der Waals surface area contributed by atoms with Gasteiger partial charge in [0.1, 0.15) is 6.07 Å². The Kier molecular flexibility index (Phi) is 6.97. The van der Waals surface area contributed by atoms with Crippen LogP contribution in [0.4, 0.5) is 5.69 Å². The minimum Gasteiger partial charge on any atom is -0.493 e. The van der Waals surface area contributed by atoms with E-state index in [9.17, 15) is 9.59 Å². The predicted octanol–water partition coefficient (Wildman–Crippen LogP) is 2.77. The van der Waals surface area contributed by atoms with Gasteiger partial charge in [-0.25, -0.2) is 4.79 Å². The van der Waals surface area contributed by atoms with E-state index in [1.165, 1.54) is 26.4 Å². The van der Waals surface area contributed by atoms with Crippen LogP contribution in [-0.4, -0.2) is 32.7 Å². The number of hydrogen-bond acceptors (Lipinski definition) is 6. The summed E-state index contributed by atoms with van der Waals surface area (Å²) < 4.78 is 15.2. The molecular formula is C20H18N2O5. The summed E-state index contributed by atoms with van der Waals surface area (Å²) in [5.41, 5.74) is 1.39. The van der Waals surface area contributed by atoms with E-state index in [0.717, 1.165) is 0 Å². The van der Waals surface area contributed by atoms with Crippen molar-refractivity contribution >= 4 is 23.6 Å². The minimum atomic E-state index is -0.673. The first-order valence-electron chi connectivity index (χ1n) is 7.93. The van der Waals surface area contributed by atoms with Crippen molar-refractivity contribution in [1.82, 2.24) is 0 Å². The predicted molar refractivity (Wildman–Crippen MR) is 99.3 cm³/mol. The minimum absolute atomic E-state index is 0.325. The number of benzene rings is 2. The largest absolute Gasteiger partial charge is 0.493 e. The van der Waals surface area contributed by atoms with Crippen molar-refractivity contribution in [2.24, 2.45) is 0 Å². The van der Waals surface area contributed by atoms with Crippen molar-refractivity contribution in [3.05, 3.63) is 59.7 Å². The highest BCUT2D eigenvalue weighted by Gasteiger charge is 2.08. The molecule has 1 N–H and O–H groups in total. The Morgan fingerprint density at radius 3 is 2.56 bits per heavy atom. The lowest BCUT2D eigenvalue weighted by Gasteiger charge is -2.08. The molecule has 0 spiro atoms. The molecule has 0 aliphatic carbocycles. The van der Waals surface area contributed by atoms with Gasteiger partial charge in [0.05, 0.1) is 25.5 Å². The Morgan fingerprint density at radius 1 is 1.11 bits per heavy atom. The number of amides is 1. The van der Waals surface area contributed by atoms with E-state index in [0.29, 0.717) is 28.3 Å². The lowest BCUT2D eigenvalue weighted by atomic mass is 10.2. The summed E-state index contributed by atoms with van der Waals surface area (Å²) in [5, 5.41) is 11.5. The highest BCUT2D eigenvalue weighted by atomic mass is 16.5. The number of nitrogens with zero attached hydrogens (tertiary/aromatic N) is 1. The lowest BCUT2D eigenvalue weighted by molar-refractivity contribution is -0.142. The molecule has 2 rings (SSSR count). The molecule has 0 fully saturated rings. The van der Waals surface area contributed by atoms with Gasteiger partial charge >= 0.3 is 5.97 Å². The number of para-hydroxylation sites is 1. The Labute approximate surface area is 156 Å². The van der Waals surface area contributed by atoms with Gasteiger partial charge in [-0.05, 0) is 35.9 Å². The molecule has 7 nitrogen and oxygen atoms in total. The maximum absolute atomic E-state index is 11.9. The number of methoxy groups -OCH3 is 2. The third kappa shape index (κ3) is 5.61. The zero-order valence-electron chi connectivity index (χ0n) is 14.9. The summed E-state index contributed by atoms with van der Waals surface area (Å²) >= 11 is 0.